The highest BCUT2D eigenvalue weighted by Crippen LogP contribution is 2.26. The summed E-state index contributed by atoms with van der Waals surface area (Å²) in [6, 6.07) is 7.50. The van der Waals surface area contributed by atoms with Gasteiger partial charge in [0, 0.05) is 4.91 Å². The lowest BCUT2D eigenvalue weighted by molar-refractivity contribution is 0.414. The van der Waals surface area contributed by atoms with Crippen molar-refractivity contribution in [3.05, 3.63) is 40.3 Å². The second-order valence-corrected chi connectivity index (χ2v) is 3.48. The van der Waals surface area contributed by atoms with Gasteiger partial charge < -0.3 is 4.74 Å². The third-order valence-corrected chi connectivity index (χ3v) is 2.09. The van der Waals surface area contributed by atoms with E-state index in [4.69, 9.17) is 10.3 Å². The van der Waals surface area contributed by atoms with Crippen LogP contribution in [0.2, 0.25) is 0 Å². The Morgan fingerprint density at radius 1 is 1.29 bits per heavy atom. The van der Waals surface area contributed by atoms with Gasteiger partial charge in [-0.05, 0) is 23.2 Å². The zero-order chi connectivity index (χ0) is 10.6. The van der Waals surface area contributed by atoms with E-state index in [1.54, 1.807) is 7.11 Å². The molecule has 0 fully saturated rings. The van der Waals surface area contributed by atoms with Crippen LogP contribution in [-0.2, 0) is 5.54 Å². The minimum Gasteiger partial charge on any atom is -0.497 e. The van der Waals surface area contributed by atoms with Gasteiger partial charge in [-0.25, -0.2) is 0 Å². The molecule has 0 aliphatic carbocycles. The summed E-state index contributed by atoms with van der Waals surface area (Å²) in [4.78, 5) is 2.82. The summed E-state index contributed by atoms with van der Waals surface area (Å²) in [7, 11) is 1.62. The van der Waals surface area contributed by atoms with E-state index in [1.165, 1.54) is 0 Å². The number of nitrogens with zero attached hydrogens (tertiary/aromatic N) is 3. The fourth-order valence-electron chi connectivity index (χ4n) is 1.17. The highest BCUT2D eigenvalue weighted by atomic mass is 16.5. The Morgan fingerprint density at radius 3 is 2.29 bits per heavy atom. The van der Waals surface area contributed by atoms with Gasteiger partial charge in [0.05, 0.1) is 12.6 Å². The van der Waals surface area contributed by atoms with Crippen LogP contribution in [0.5, 0.6) is 5.75 Å². The van der Waals surface area contributed by atoms with Crippen molar-refractivity contribution in [3.63, 3.8) is 0 Å². The van der Waals surface area contributed by atoms with Crippen LogP contribution < -0.4 is 4.74 Å². The summed E-state index contributed by atoms with van der Waals surface area (Å²) in [5.41, 5.74) is 8.85. The van der Waals surface area contributed by atoms with Gasteiger partial charge >= 0.3 is 0 Å². The molecular weight excluding hydrogens is 178 g/mol. The quantitative estimate of drug-likeness (QED) is 0.411. The molecular formula is C10H13N3O. The SMILES string of the molecule is COc1ccc(C(C)(C)N=[N+]=[N-])cc1. The molecule has 0 bridgehead atoms. The maximum atomic E-state index is 8.40. The number of benzene rings is 1. The van der Waals surface area contributed by atoms with Crippen molar-refractivity contribution in [3.8, 4) is 5.75 Å². The monoisotopic (exact) mass is 191 g/mol. The molecule has 1 rings (SSSR count). The predicted molar refractivity (Wildman–Crippen MR) is 55.2 cm³/mol. The number of ether oxygens (including phenoxy) is 1. The number of azide groups is 1. The zero-order valence-corrected chi connectivity index (χ0v) is 8.56. The van der Waals surface area contributed by atoms with Crippen LogP contribution in [0.25, 0.3) is 10.4 Å². The van der Waals surface area contributed by atoms with E-state index < -0.39 is 5.54 Å². The molecule has 0 saturated heterocycles. The first-order chi connectivity index (χ1) is 6.60. The largest absolute Gasteiger partial charge is 0.497 e. The molecule has 0 N–H and O–H groups in total. The molecule has 0 saturated carbocycles. The van der Waals surface area contributed by atoms with Gasteiger partial charge in [-0.2, -0.15) is 0 Å². The van der Waals surface area contributed by atoms with Crippen LogP contribution >= 0.6 is 0 Å². The van der Waals surface area contributed by atoms with E-state index in [0.29, 0.717) is 0 Å². The second kappa shape index (κ2) is 4.03. The zero-order valence-electron chi connectivity index (χ0n) is 8.56. The van der Waals surface area contributed by atoms with Crippen LogP contribution in [0, 0.1) is 0 Å². The Morgan fingerprint density at radius 2 is 1.86 bits per heavy atom. The van der Waals surface area contributed by atoms with Crippen molar-refractivity contribution in [2.75, 3.05) is 7.11 Å². The molecule has 0 spiro atoms. The Balaban J connectivity index is 3.02. The fourth-order valence-corrected chi connectivity index (χ4v) is 1.17. The molecule has 4 nitrogen and oxygen atoms in total. The van der Waals surface area contributed by atoms with Gasteiger partial charge in [-0.3, -0.25) is 0 Å². The summed E-state index contributed by atoms with van der Waals surface area (Å²) < 4.78 is 5.04. The standard InChI is InChI=1S/C10H13N3O/c1-10(2,12-13-11)8-4-6-9(14-3)7-5-8/h4-7H,1-3H3. The molecule has 4 heteroatoms. The summed E-state index contributed by atoms with van der Waals surface area (Å²) >= 11 is 0. The highest BCUT2D eigenvalue weighted by Gasteiger charge is 2.17. The van der Waals surface area contributed by atoms with Crippen molar-refractivity contribution in [1.29, 1.82) is 0 Å². The van der Waals surface area contributed by atoms with Gasteiger partial charge in [0.2, 0.25) is 0 Å². The molecule has 1 aromatic rings. The highest BCUT2D eigenvalue weighted by molar-refractivity contribution is 5.31. The first-order valence-corrected chi connectivity index (χ1v) is 4.31. The van der Waals surface area contributed by atoms with Crippen LogP contribution in [-0.4, -0.2) is 7.11 Å². The molecule has 0 aliphatic rings. The number of methoxy groups -OCH3 is 1. The van der Waals surface area contributed by atoms with Crippen LogP contribution in [0.3, 0.4) is 0 Å². The molecule has 14 heavy (non-hydrogen) atoms. The summed E-state index contributed by atoms with van der Waals surface area (Å²) in [6.07, 6.45) is 0. The van der Waals surface area contributed by atoms with Crippen LogP contribution in [0.4, 0.5) is 0 Å². The van der Waals surface area contributed by atoms with Crippen molar-refractivity contribution in [2.45, 2.75) is 19.4 Å². The van der Waals surface area contributed by atoms with Crippen molar-refractivity contribution in [1.82, 2.24) is 0 Å². The summed E-state index contributed by atoms with van der Waals surface area (Å²) in [6.45, 7) is 3.74. The van der Waals surface area contributed by atoms with E-state index in [-0.39, 0.29) is 0 Å². The molecule has 1 aromatic carbocycles. The molecule has 0 heterocycles. The normalized spacial score (nSPS) is 10.5. The molecule has 0 aromatic heterocycles. The third-order valence-electron chi connectivity index (χ3n) is 2.09. The minimum absolute atomic E-state index is 0.513. The molecule has 0 atom stereocenters. The second-order valence-electron chi connectivity index (χ2n) is 3.48. The Bertz CT molecular complexity index is 350. The number of rotatable bonds is 3. The van der Waals surface area contributed by atoms with Crippen molar-refractivity contribution >= 4 is 0 Å². The number of hydrogen-bond acceptors (Lipinski definition) is 2. The van der Waals surface area contributed by atoms with Gasteiger partial charge in [0.25, 0.3) is 0 Å². The van der Waals surface area contributed by atoms with E-state index in [2.05, 4.69) is 10.0 Å². The van der Waals surface area contributed by atoms with E-state index >= 15 is 0 Å². The lowest BCUT2D eigenvalue weighted by Gasteiger charge is -2.18. The first-order valence-electron chi connectivity index (χ1n) is 4.31. The Labute approximate surface area is 83.1 Å². The average molecular weight is 191 g/mol. The van der Waals surface area contributed by atoms with Crippen LogP contribution in [0.15, 0.2) is 29.4 Å². The average Bonchev–Trinajstić information content (AvgIpc) is 2.18. The van der Waals surface area contributed by atoms with E-state index in [1.807, 2.05) is 38.1 Å². The molecule has 0 aliphatic heterocycles. The molecule has 0 amide bonds. The Hall–Kier alpha value is -1.67. The lowest BCUT2D eigenvalue weighted by Crippen LogP contribution is -2.12. The van der Waals surface area contributed by atoms with Gasteiger partial charge in [0.15, 0.2) is 0 Å². The van der Waals surface area contributed by atoms with Crippen molar-refractivity contribution in [2.24, 2.45) is 5.11 Å². The topological polar surface area (TPSA) is 58.0 Å². The van der Waals surface area contributed by atoms with Gasteiger partial charge in [0.1, 0.15) is 5.75 Å². The predicted octanol–water partition coefficient (Wildman–Crippen LogP) is 3.24. The molecule has 0 unspecified atom stereocenters. The van der Waals surface area contributed by atoms with Gasteiger partial charge in [-0.1, -0.05) is 31.1 Å². The summed E-state index contributed by atoms with van der Waals surface area (Å²) in [5, 5.41) is 3.72. The number of hydrogen-bond donors (Lipinski definition) is 0. The third kappa shape index (κ3) is 2.18. The molecule has 0 radical (unpaired) electrons. The fraction of sp³-hybridized carbons (Fsp3) is 0.400. The maximum Gasteiger partial charge on any atom is 0.118 e. The van der Waals surface area contributed by atoms with Gasteiger partial charge in [-0.15, -0.1) is 0 Å². The minimum atomic E-state index is -0.513. The van der Waals surface area contributed by atoms with E-state index in [0.717, 1.165) is 11.3 Å². The maximum absolute atomic E-state index is 8.40. The smallest absolute Gasteiger partial charge is 0.118 e. The Kier molecular flexibility index (Phi) is 2.99. The van der Waals surface area contributed by atoms with Crippen molar-refractivity contribution < 1.29 is 4.74 Å². The lowest BCUT2D eigenvalue weighted by atomic mass is 9.95. The first kappa shape index (κ1) is 10.4. The van der Waals surface area contributed by atoms with E-state index in [9.17, 15) is 0 Å². The summed E-state index contributed by atoms with van der Waals surface area (Å²) in [5.74, 6) is 0.797. The molecule has 74 valence electrons. The van der Waals surface area contributed by atoms with Crippen LogP contribution in [0.1, 0.15) is 19.4 Å².